The van der Waals surface area contributed by atoms with E-state index in [2.05, 4.69) is 0 Å². The Balaban J connectivity index is 2.14. The molecule has 0 radical (unpaired) electrons. The third kappa shape index (κ3) is 3.12. The minimum Gasteiger partial charge on any atom is -0.494 e. The molecule has 6 nitrogen and oxygen atoms in total. The van der Waals surface area contributed by atoms with Crippen LogP contribution in [0.25, 0.3) is 0 Å². The Hall–Kier alpha value is -1.15. The van der Waals surface area contributed by atoms with E-state index in [1.165, 1.54) is 12.1 Å². The van der Waals surface area contributed by atoms with Crippen LogP contribution in [0.4, 0.5) is 0 Å². The molecule has 0 bridgehead atoms. The zero-order chi connectivity index (χ0) is 14.8. The minimum atomic E-state index is -3.68. The first-order chi connectivity index (χ1) is 9.45. The van der Waals surface area contributed by atoms with E-state index >= 15 is 0 Å². The molecular formula is C13H19NO5S. The van der Waals surface area contributed by atoms with Crippen LogP contribution in [0.1, 0.15) is 13.3 Å². The lowest BCUT2D eigenvalue weighted by Crippen LogP contribution is -2.29. The van der Waals surface area contributed by atoms with Crippen LogP contribution in [0.15, 0.2) is 29.2 Å². The molecule has 0 aliphatic carbocycles. The lowest BCUT2D eigenvalue weighted by atomic mass is 10.3. The second kappa shape index (κ2) is 6.09. The standard InChI is InChI=1S/C13H19NO5S/c1-2-7-19-10-3-5-11(6-4-10)20(17,18)14-8-12(15)13(16)9-14/h3-6,12-13,15-16H,2,7-9H2,1H3/t12-,13+. The Kier molecular flexibility index (Phi) is 4.64. The highest BCUT2D eigenvalue weighted by molar-refractivity contribution is 7.89. The first-order valence-corrected chi connectivity index (χ1v) is 7.98. The summed E-state index contributed by atoms with van der Waals surface area (Å²) in [4.78, 5) is 0.127. The van der Waals surface area contributed by atoms with Crippen molar-refractivity contribution in [3.63, 3.8) is 0 Å². The molecule has 1 saturated heterocycles. The fourth-order valence-electron chi connectivity index (χ4n) is 2.01. The molecule has 2 atom stereocenters. The predicted octanol–water partition coefficient (Wildman–Crippen LogP) is 0.202. The van der Waals surface area contributed by atoms with Crippen LogP contribution in [0.3, 0.4) is 0 Å². The highest BCUT2D eigenvalue weighted by Crippen LogP contribution is 2.23. The Morgan fingerprint density at radius 3 is 2.25 bits per heavy atom. The molecule has 7 heteroatoms. The smallest absolute Gasteiger partial charge is 0.243 e. The van der Waals surface area contributed by atoms with Gasteiger partial charge in [0.15, 0.2) is 0 Å². The van der Waals surface area contributed by atoms with Gasteiger partial charge in [-0.15, -0.1) is 0 Å². The quantitative estimate of drug-likeness (QED) is 0.811. The van der Waals surface area contributed by atoms with Crippen molar-refractivity contribution in [3.05, 3.63) is 24.3 Å². The first kappa shape index (κ1) is 15.2. The second-order valence-electron chi connectivity index (χ2n) is 4.78. The first-order valence-electron chi connectivity index (χ1n) is 6.54. The lowest BCUT2D eigenvalue weighted by Gasteiger charge is -2.15. The molecule has 1 aliphatic rings. The van der Waals surface area contributed by atoms with Crippen LogP contribution >= 0.6 is 0 Å². The van der Waals surface area contributed by atoms with Crippen LogP contribution < -0.4 is 4.74 Å². The molecule has 2 rings (SSSR count). The third-order valence-electron chi connectivity index (χ3n) is 3.16. The van der Waals surface area contributed by atoms with Crippen molar-refractivity contribution in [2.75, 3.05) is 19.7 Å². The molecule has 0 saturated carbocycles. The summed E-state index contributed by atoms with van der Waals surface area (Å²) in [5, 5.41) is 18.9. The molecule has 2 N–H and O–H groups in total. The van der Waals surface area contributed by atoms with E-state index in [1.54, 1.807) is 12.1 Å². The van der Waals surface area contributed by atoms with Gasteiger partial charge in [0.25, 0.3) is 0 Å². The molecule has 0 aromatic heterocycles. The largest absolute Gasteiger partial charge is 0.494 e. The van der Waals surface area contributed by atoms with Gasteiger partial charge < -0.3 is 14.9 Å². The third-order valence-corrected chi connectivity index (χ3v) is 5.01. The maximum atomic E-state index is 12.3. The maximum Gasteiger partial charge on any atom is 0.243 e. The minimum absolute atomic E-state index is 0.0857. The van der Waals surface area contributed by atoms with Gasteiger partial charge in [0.2, 0.25) is 10.0 Å². The van der Waals surface area contributed by atoms with Crippen molar-refractivity contribution >= 4 is 10.0 Å². The Labute approximate surface area is 118 Å². The van der Waals surface area contributed by atoms with Gasteiger partial charge in [-0.2, -0.15) is 4.31 Å². The normalized spacial score (nSPS) is 23.9. The summed E-state index contributed by atoms with van der Waals surface area (Å²) in [5.41, 5.74) is 0. The number of hydrogen-bond donors (Lipinski definition) is 2. The number of aliphatic hydroxyl groups excluding tert-OH is 2. The number of nitrogens with zero attached hydrogens (tertiary/aromatic N) is 1. The molecule has 0 spiro atoms. The number of β-amino-alcohol motifs (C(OH)–C–C–N with tert-alkyl or cyclic N) is 2. The molecule has 1 aromatic carbocycles. The molecule has 112 valence electrons. The van der Waals surface area contributed by atoms with Gasteiger partial charge in [-0.3, -0.25) is 0 Å². The Morgan fingerprint density at radius 2 is 1.75 bits per heavy atom. The summed E-state index contributed by atoms with van der Waals surface area (Å²) in [6, 6.07) is 6.14. The van der Waals surface area contributed by atoms with Crippen molar-refractivity contribution in [1.82, 2.24) is 4.31 Å². The monoisotopic (exact) mass is 301 g/mol. The number of benzene rings is 1. The van der Waals surface area contributed by atoms with Gasteiger partial charge in [0.1, 0.15) is 5.75 Å². The van der Waals surface area contributed by atoms with Crippen LogP contribution in [-0.2, 0) is 10.0 Å². The molecule has 1 aliphatic heterocycles. The van der Waals surface area contributed by atoms with E-state index in [9.17, 15) is 18.6 Å². The number of ether oxygens (including phenoxy) is 1. The number of aliphatic hydroxyl groups is 2. The molecule has 1 aromatic rings. The number of rotatable bonds is 5. The summed E-state index contributed by atoms with van der Waals surface area (Å²) >= 11 is 0. The Bertz CT molecular complexity index is 532. The molecule has 0 amide bonds. The van der Waals surface area contributed by atoms with Crippen molar-refractivity contribution < 1.29 is 23.4 Å². The second-order valence-corrected chi connectivity index (χ2v) is 6.71. The molecule has 20 heavy (non-hydrogen) atoms. The molecular weight excluding hydrogens is 282 g/mol. The average Bonchev–Trinajstić information content (AvgIpc) is 2.77. The van der Waals surface area contributed by atoms with Crippen molar-refractivity contribution in [2.24, 2.45) is 0 Å². The molecule has 1 fully saturated rings. The fourth-order valence-corrected chi connectivity index (χ4v) is 3.48. The summed E-state index contributed by atoms with van der Waals surface area (Å²) in [7, 11) is -3.68. The SMILES string of the molecule is CCCOc1ccc(S(=O)(=O)N2C[C@@H](O)[C@@H](O)C2)cc1. The molecule has 0 unspecified atom stereocenters. The van der Waals surface area contributed by atoms with Crippen LogP contribution in [0, 0.1) is 0 Å². The van der Waals surface area contributed by atoms with Crippen LogP contribution in [0.2, 0.25) is 0 Å². The van der Waals surface area contributed by atoms with Crippen molar-refractivity contribution in [1.29, 1.82) is 0 Å². The maximum absolute atomic E-state index is 12.3. The summed E-state index contributed by atoms with van der Waals surface area (Å²) in [6.07, 6.45) is -1.18. The van der Waals surface area contributed by atoms with E-state index < -0.39 is 22.2 Å². The molecule has 1 heterocycles. The topological polar surface area (TPSA) is 87.1 Å². The highest BCUT2D eigenvalue weighted by atomic mass is 32.2. The highest BCUT2D eigenvalue weighted by Gasteiger charge is 2.37. The number of hydrogen-bond acceptors (Lipinski definition) is 5. The summed E-state index contributed by atoms with van der Waals surface area (Å²) < 4.78 is 31.1. The zero-order valence-corrected chi connectivity index (χ0v) is 12.1. The van der Waals surface area contributed by atoms with E-state index in [-0.39, 0.29) is 18.0 Å². The lowest BCUT2D eigenvalue weighted by molar-refractivity contribution is 0.0572. The Morgan fingerprint density at radius 1 is 1.20 bits per heavy atom. The van der Waals surface area contributed by atoms with E-state index in [4.69, 9.17) is 4.74 Å². The van der Waals surface area contributed by atoms with Gasteiger partial charge in [-0.25, -0.2) is 8.42 Å². The van der Waals surface area contributed by atoms with E-state index in [0.717, 1.165) is 10.7 Å². The summed E-state index contributed by atoms with van der Waals surface area (Å²) in [6.45, 7) is 2.40. The van der Waals surface area contributed by atoms with Gasteiger partial charge in [-0.1, -0.05) is 6.92 Å². The zero-order valence-electron chi connectivity index (χ0n) is 11.3. The average molecular weight is 301 g/mol. The van der Waals surface area contributed by atoms with Crippen LogP contribution in [-0.4, -0.2) is 54.8 Å². The van der Waals surface area contributed by atoms with Gasteiger partial charge in [0.05, 0.1) is 23.7 Å². The van der Waals surface area contributed by atoms with Gasteiger partial charge in [0, 0.05) is 13.1 Å². The van der Waals surface area contributed by atoms with Gasteiger partial charge >= 0.3 is 0 Å². The predicted molar refractivity (Wildman–Crippen MR) is 73.0 cm³/mol. The number of sulfonamides is 1. The van der Waals surface area contributed by atoms with E-state index in [1.807, 2.05) is 6.92 Å². The fraction of sp³-hybridized carbons (Fsp3) is 0.538. The van der Waals surface area contributed by atoms with Crippen molar-refractivity contribution in [2.45, 2.75) is 30.4 Å². The summed E-state index contributed by atoms with van der Waals surface area (Å²) in [5.74, 6) is 0.618. The van der Waals surface area contributed by atoms with Gasteiger partial charge in [-0.05, 0) is 30.7 Å². The van der Waals surface area contributed by atoms with Crippen LogP contribution in [0.5, 0.6) is 5.75 Å². The van der Waals surface area contributed by atoms with E-state index in [0.29, 0.717) is 12.4 Å². The van der Waals surface area contributed by atoms with Crippen molar-refractivity contribution in [3.8, 4) is 5.75 Å².